The number of benzene rings is 2. The molecule has 3 N–H and O–H groups in total. The van der Waals surface area contributed by atoms with Gasteiger partial charge in [-0.1, -0.05) is 35.5 Å². The Kier molecular flexibility index (Phi) is 7.54. The molecular weight excluding hydrogens is 438 g/mol. The number of phenols is 1. The first-order valence-electron chi connectivity index (χ1n) is 9.55. The zero-order valence-corrected chi connectivity index (χ0v) is 18.6. The van der Waals surface area contributed by atoms with Gasteiger partial charge in [-0.2, -0.15) is 0 Å². The van der Waals surface area contributed by atoms with Crippen molar-refractivity contribution in [1.82, 2.24) is 14.8 Å². The number of hydrogen-bond donors (Lipinski definition) is 3. The predicted molar refractivity (Wildman–Crippen MR) is 122 cm³/mol. The monoisotopic (exact) mass is 459 g/mol. The molecule has 1 aromatic heterocycles. The summed E-state index contributed by atoms with van der Waals surface area (Å²) in [4.78, 5) is 24.6. The van der Waals surface area contributed by atoms with E-state index in [2.05, 4.69) is 20.8 Å². The van der Waals surface area contributed by atoms with Crippen molar-refractivity contribution in [3.05, 3.63) is 58.9 Å². The van der Waals surface area contributed by atoms with E-state index in [0.29, 0.717) is 33.9 Å². The van der Waals surface area contributed by atoms with Crippen molar-refractivity contribution in [2.45, 2.75) is 32.0 Å². The maximum absolute atomic E-state index is 12.4. The number of aromatic nitrogens is 3. The molecule has 1 heterocycles. The SMILES string of the molecule is CCn1c(CC(=O)Nc2ccc(C)c(Cl)c2)nnc1SCC(=O)Nc1cccc(O)c1. The fourth-order valence-corrected chi connectivity index (χ4v) is 3.81. The van der Waals surface area contributed by atoms with Gasteiger partial charge in [0.2, 0.25) is 11.8 Å². The molecule has 2 aromatic carbocycles. The van der Waals surface area contributed by atoms with E-state index in [1.165, 1.54) is 23.9 Å². The summed E-state index contributed by atoms with van der Waals surface area (Å²) < 4.78 is 1.80. The van der Waals surface area contributed by atoms with Gasteiger partial charge in [-0.15, -0.1) is 10.2 Å². The number of thioether (sulfide) groups is 1. The van der Waals surface area contributed by atoms with E-state index in [1.807, 2.05) is 19.9 Å². The van der Waals surface area contributed by atoms with Crippen molar-refractivity contribution in [2.24, 2.45) is 0 Å². The number of anilines is 2. The highest BCUT2D eigenvalue weighted by Crippen LogP contribution is 2.21. The summed E-state index contributed by atoms with van der Waals surface area (Å²) in [6.07, 6.45) is 0.0440. The lowest BCUT2D eigenvalue weighted by Gasteiger charge is -2.09. The molecule has 0 aliphatic carbocycles. The van der Waals surface area contributed by atoms with Gasteiger partial charge in [0.15, 0.2) is 5.16 Å². The lowest BCUT2D eigenvalue weighted by Crippen LogP contribution is -2.18. The normalized spacial score (nSPS) is 10.7. The Labute approximate surface area is 189 Å². The maximum Gasteiger partial charge on any atom is 0.234 e. The second-order valence-corrected chi connectivity index (χ2v) is 8.07. The number of phenolic OH excluding ortho intramolecular Hbond substituents is 1. The largest absolute Gasteiger partial charge is 0.508 e. The zero-order valence-electron chi connectivity index (χ0n) is 17.1. The van der Waals surface area contributed by atoms with Crippen LogP contribution in [0.1, 0.15) is 18.3 Å². The molecule has 0 aliphatic rings. The Hall–Kier alpha value is -3.04. The van der Waals surface area contributed by atoms with E-state index in [-0.39, 0.29) is 29.7 Å². The van der Waals surface area contributed by atoms with Crippen LogP contribution in [0.15, 0.2) is 47.6 Å². The summed E-state index contributed by atoms with van der Waals surface area (Å²) in [6, 6.07) is 11.7. The molecule has 0 fully saturated rings. The summed E-state index contributed by atoms with van der Waals surface area (Å²) in [6.45, 7) is 4.37. The second kappa shape index (κ2) is 10.3. The first kappa shape index (κ1) is 22.6. The highest BCUT2D eigenvalue weighted by atomic mass is 35.5. The Balaban J connectivity index is 1.58. The molecule has 2 amide bonds. The molecule has 0 saturated heterocycles. The number of carbonyl (C=O) groups excluding carboxylic acids is 2. The molecule has 162 valence electrons. The van der Waals surface area contributed by atoms with Crippen molar-refractivity contribution >= 4 is 46.6 Å². The van der Waals surface area contributed by atoms with Crippen LogP contribution in [0.25, 0.3) is 0 Å². The Bertz CT molecular complexity index is 1100. The highest BCUT2D eigenvalue weighted by molar-refractivity contribution is 7.99. The number of aromatic hydroxyl groups is 1. The van der Waals surface area contributed by atoms with Gasteiger partial charge >= 0.3 is 0 Å². The number of halogens is 1. The molecule has 0 aliphatic heterocycles. The lowest BCUT2D eigenvalue weighted by atomic mass is 10.2. The molecule has 3 aromatic rings. The van der Waals surface area contributed by atoms with E-state index >= 15 is 0 Å². The van der Waals surface area contributed by atoms with Crippen molar-refractivity contribution < 1.29 is 14.7 Å². The fourth-order valence-electron chi connectivity index (χ4n) is 2.80. The predicted octanol–water partition coefficient (Wildman–Crippen LogP) is 3.88. The minimum absolute atomic E-state index is 0.0440. The average molecular weight is 460 g/mol. The molecule has 0 radical (unpaired) electrons. The number of hydrogen-bond acceptors (Lipinski definition) is 6. The summed E-state index contributed by atoms with van der Waals surface area (Å²) in [5, 5.41) is 24.4. The smallest absolute Gasteiger partial charge is 0.234 e. The fraction of sp³-hybridized carbons (Fsp3) is 0.238. The number of carbonyl (C=O) groups is 2. The van der Waals surface area contributed by atoms with E-state index < -0.39 is 0 Å². The molecule has 0 saturated carbocycles. The summed E-state index contributed by atoms with van der Waals surface area (Å²) in [5.74, 6) is 0.222. The summed E-state index contributed by atoms with van der Waals surface area (Å²) in [7, 11) is 0. The van der Waals surface area contributed by atoms with Crippen molar-refractivity contribution in [1.29, 1.82) is 0 Å². The quantitative estimate of drug-likeness (QED) is 0.441. The van der Waals surface area contributed by atoms with Crippen molar-refractivity contribution in [2.75, 3.05) is 16.4 Å². The summed E-state index contributed by atoms with van der Waals surface area (Å²) in [5.41, 5.74) is 2.05. The second-order valence-electron chi connectivity index (χ2n) is 6.72. The molecule has 31 heavy (non-hydrogen) atoms. The third-order valence-corrected chi connectivity index (χ3v) is 5.72. The van der Waals surface area contributed by atoms with Crippen molar-refractivity contribution in [3.8, 4) is 5.75 Å². The molecular formula is C21H22ClN5O3S. The van der Waals surface area contributed by atoms with E-state index in [4.69, 9.17) is 11.6 Å². The third kappa shape index (κ3) is 6.22. The molecule has 8 nitrogen and oxygen atoms in total. The Morgan fingerprint density at radius 1 is 1.10 bits per heavy atom. The number of aryl methyl sites for hydroxylation is 1. The van der Waals surface area contributed by atoms with Gasteiger partial charge in [0.25, 0.3) is 0 Å². The Morgan fingerprint density at radius 3 is 2.55 bits per heavy atom. The van der Waals surface area contributed by atoms with Gasteiger partial charge in [-0.05, 0) is 43.7 Å². The zero-order chi connectivity index (χ0) is 22.4. The van der Waals surface area contributed by atoms with Gasteiger partial charge in [-0.3, -0.25) is 9.59 Å². The summed E-state index contributed by atoms with van der Waals surface area (Å²) >= 11 is 7.33. The molecule has 3 rings (SSSR count). The topological polar surface area (TPSA) is 109 Å². The van der Waals surface area contributed by atoms with Crippen LogP contribution in [-0.2, 0) is 22.6 Å². The van der Waals surface area contributed by atoms with Crippen LogP contribution in [0, 0.1) is 6.92 Å². The first-order chi connectivity index (χ1) is 14.9. The Morgan fingerprint density at radius 2 is 1.84 bits per heavy atom. The van der Waals surface area contributed by atoms with E-state index in [1.54, 1.807) is 28.8 Å². The van der Waals surface area contributed by atoms with Gasteiger partial charge in [0.05, 0.1) is 12.2 Å². The first-order valence-corrected chi connectivity index (χ1v) is 10.9. The molecule has 0 bridgehead atoms. The van der Waals surface area contributed by atoms with Crippen LogP contribution in [0.4, 0.5) is 11.4 Å². The van der Waals surface area contributed by atoms with Gasteiger partial charge in [-0.25, -0.2) is 0 Å². The third-order valence-electron chi connectivity index (χ3n) is 4.35. The highest BCUT2D eigenvalue weighted by Gasteiger charge is 2.16. The minimum atomic E-state index is -0.239. The maximum atomic E-state index is 12.4. The number of rotatable bonds is 8. The van der Waals surface area contributed by atoms with Crippen LogP contribution >= 0.6 is 23.4 Å². The van der Waals surface area contributed by atoms with E-state index in [9.17, 15) is 14.7 Å². The number of nitrogens with zero attached hydrogens (tertiary/aromatic N) is 3. The number of amides is 2. The van der Waals surface area contributed by atoms with Gasteiger partial charge in [0.1, 0.15) is 11.6 Å². The van der Waals surface area contributed by atoms with Crippen molar-refractivity contribution in [3.63, 3.8) is 0 Å². The van der Waals surface area contributed by atoms with Crippen LogP contribution in [0.3, 0.4) is 0 Å². The van der Waals surface area contributed by atoms with Crippen LogP contribution < -0.4 is 10.6 Å². The molecule has 10 heteroatoms. The number of nitrogens with one attached hydrogen (secondary N) is 2. The van der Waals surface area contributed by atoms with Crippen LogP contribution in [0.5, 0.6) is 5.75 Å². The standard InChI is InChI=1S/C21H22ClN5O3S/c1-3-27-18(11-19(29)23-15-8-7-13(2)17(22)10-15)25-26-21(27)31-12-20(30)24-14-5-4-6-16(28)9-14/h4-10,28H,3,11-12H2,1-2H3,(H,23,29)(H,24,30). The van der Waals surface area contributed by atoms with E-state index in [0.717, 1.165) is 5.56 Å². The average Bonchev–Trinajstić information content (AvgIpc) is 3.10. The molecule has 0 atom stereocenters. The van der Waals surface area contributed by atoms with Gasteiger partial charge in [0, 0.05) is 29.0 Å². The minimum Gasteiger partial charge on any atom is -0.508 e. The molecule has 0 unspecified atom stereocenters. The molecule has 0 spiro atoms. The van der Waals surface area contributed by atoms with Gasteiger partial charge < -0.3 is 20.3 Å². The van der Waals surface area contributed by atoms with Crippen LogP contribution in [-0.4, -0.2) is 37.4 Å². The lowest BCUT2D eigenvalue weighted by molar-refractivity contribution is -0.116. The van der Waals surface area contributed by atoms with Crippen LogP contribution in [0.2, 0.25) is 5.02 Å².